The number of aliphatic hydroxyl groups excluding tert-OH is 1. The van der Waals surface area contributed by atoms with Gasteiger partial charge in [-0.25, -0.2) is 4.98 Å². The standard InChI is InChI=1S/C16H21N3O2/c1-11-10-21-13(9-20)8-19(11)16-6-12(7-17)14-4-2-3-5-15(14)18-16/h2-6,11,13,20H,7-10,17H2,1H3. The first-order chi connectivity index (χ1) is 10.2. The molecule has 1 aromatic heterocycles. The molecule has 2 heterocycles. The minimum atomic E-state index is -0.157. The van der Waals surface area contributed by atoms with E-state index < -0.39 is 0 Å². The van der Waals surface area contributed by atoms with Crippen molar-refractivity contribution in [2.24, 2.45) is 5.73 Å². The van der Waals surface area contributed by atoms with Gasteiger partial charge in [-0.2, -0.15) is 0 Å². The Bertz CT molecular complexity index is 632. The number of anilines is 1. The molecule has 1 aliphatic rings. The summed E-state index contributed by atoms with van der Waals surface area (Å²) in [4.78, 5) is 6.95. The van der Waals surface area contributed by atoms with Crippen LogP contribution in [0.5, 0.6) is 0 Å². The lowest BCUT2D eigenvalue weighted by Crippen LogP contribution is -2.50. The number of fused-ring (bicyclic) bond motifs is 1. The molecule has 1 aromatic carbocycles. The molecule has 21 heavy (non-hydrogen) atoms. The van der Waals surface area contributed by atoms with Gasteiger partial charge in [-0.05, 0) is 24.6 Å². The number of aliphatic hydroxyl groups is 1. The molecule has 112 valence electrons. The number of benzene rings is 1. The SMILES string of the molecule is CC1COC(CO)CN1c1cc(CN)c2ccccc2n1. The molecule has 1 aliphatic heterocycles. The van der Waals surface area contributed by atoms with Crippen LogP contribution in [0.25, 0.3) is 10.9 Å². The van der Waals surface area contributed by atoms with Crippen LogP contribution < -0.4 is 10.6 Å². The highest BCUT2D eigenvalue weighted by molar-refractivity contribution is 5.84. The lowest BCUT2D eigenvalue weighted by atomic mass is 10.1. The number of nitrogens with zero attached hydrogens (tertiary/aromatic N) is 2. The van der Waals surface area contributed by atoms with Gasteiger partial charge in [-0.1, -0.05) is 18.2 Å². The summed E-state index contributed by atoms with van der Waals surface area (Å²) in [6, 6.07) is 10.3. The van der Waals surface area contributed by atoms with E-state index in [-0.39, 0.29) is 18.8 Å². The number of pyridine rings is 1. The largest absolute Gasteiger partial charge is 0.394 e. The third-order valence-corrected chi connectivity index (χ3v) is 4.01. The Balaban J connectivity index is 2.03. The molecule has 1 fully saturated rings. The maximum absolute atomic E-state index is 9.32. The normalized spacial score (nSPS) is 22.7. The zero-order valence-electron chi connectivity index (χ0n) is 12.2. The van der Waals surface area contributed by atoms with E-state index in [9.17, 15) is 5.11 Å². The predicted molar refractivity (Wildman–Crippen MR) is 83.3 cm³/mol. The van der Waals surface area contributed by atoms with Gasteiger partial charge >= 0.3 is 0 Å². The first kappa shape index (κ1) is 14.3. The van der Waals surface area contributed by atoms with Crippen LogP contribution in [0.4, 0.5) is 5.82 Å². The zero-order valence-corrected chi connectivity index (χ0v) is 12.2. The maximum atomic E-state index is 9.32. The molecule has 1 saturated heterocycles. The van der Waals surface area contributed by atoms with E-state index >= 15 is 0 Å². The van der Waals surface area contributed by atoms with Gasteiger partial charge < -0.3 is 20.5 Å². The summed E-state index contributed by atoms with van der Waals surface area (Å²) in [6.45, 7) is 3.86. The van der Waals surface area contributed by atoms with Crippen molar-refractivity contribution in [3.8, 4) is 0 Å². The molecule has 0 saturated carbocycles. The van der Waals surface area contributed by atoms with Gasteiger partial charge in [-0.3, -0.25) is 0 Å². The highest BCUT2D eigenvalue weighted by Gasteiger charge is 2.27. The monoisotopic (exact) mass is 287 g/mol. The maximum Gasteiger partial charge on any atom is 0.129 e. The summed E-state index contributed by atoms with van der Waals surface area (Å²) in [5.74, 6) is 0.906. The Labute approximate surface area is 124 Å². The van der Waals surface area contributed by atoms with Crippen molar-refractivity contribution in [3.05, 3.63) is 35.9 Å². The molecule has 2 aromatic rings. The number of para-hydroxylation sites is 1. The van der Waals surface area contributed by atoms with Gasteiger partial charge in [0, 0.05) is 18.5 Å². The number of morpholine rings is 1. The van der Waals surface area contributed by atoms with Crippen LogP contribution in [0.1, 0.15) is 12.5 Å². The lowest BCUT2D eigenvalue weighted by molar-refractivity contribution is -0.0105. The topological polar surface area (TPSA) is 71.6 Å². The van der Waals surface area contributed by atoms with Crippen molar-refractivity contribution in [2.75, 3.05) is 24.7 Å². The van der Waals surface area contributed by atoms with E-state index in [1.54, 1.807) is 0 Å². The molecule has 5 heteroatoms. The van der Waals surface area contributed by atoms with Crippen molar-refractivity contribution in [2.45, 2.75) is 25.6 Å². The second-order valence-corrected chi connectivity index (χ2v) is 5.50. The minimum Gasteiger partial charge on any atom is -0.394 e. The number of aromatic nitrogens is 1. The number of rotatable bonds is 3. The van der Waals surface area contributed by atoms with E-state index in [0.29, 0.717) is 19.7 Å². The number of ether oxygens (including phenoxy) is 1. The van der Waals surface area contributed by atoms with E-state index in [1.165, 1.54) is 0 Å². The number of hydrogen-bond acceptors (Lipinski definition) is 5. The summed E-state index contributed by atoms with van der Waals surface area (Å²) in [6.07, 6.45) is -0.157. The van der Waals surface area contributed by atoms with Gasteiger partial charge in [0.15, 0.2) is 0 Å². The highest BCUT2D eigenvalue weighted by atomic mass is 16.5. The quantitative estimate of drug-likeness (QED) is 0.890. The average Bonchev–Trinajstić information content (AvgIpc) is 2.54. The summed E-state index contributed by atoms with van der Waals surface area (Å²) in [7, 11) is 0. The summed E-state index contributed by atoms with van der Waals surface area (Å²) in [5.41, 5.74) is 7.94. The van der Waals surface area contributed by atoms with Gasteiger partial charge in [0.05, 0.1) is 30.9 Å². The van der Waals surface area contributed by atoms with E-state index in [2.05, 4.69) is 17.9 Å². The molecule has 3 N–H and O–H groups in total. The summed E-state index contributed by atoms with van der Waals surface area (Å²) in [5, 5.41) is 10.4. The van der Waals surface area contributed by atoms with E-state index in [1.807, 2.05) is 24.3 Å². The van der Waals surface area contributed by atoms with Crippen LogP contribution in [-0.2, 0) is 11.3 Å². The molecule has 0 radical (unpaired) electrons. The van der Waals surface area contributed by atoms with Crippen LogP contribution in [0, 0.1) is 0 Å². The number of nitrogens with two attached hydrogens (primary N) is 1. The molecular formula is C16H21N3O2. The minimum absolute atomic E-state index is 0.0283. The van der Waals surface area contributed by atoms with Crippen LogP contribution >= 0.6 is 0 Å². The van der Waals surface area contributed by atoms with Crippen LogP contribution in [0.15, 0.2) is 30.3 Å². The highest BCUT2D eigenvalue weighted by Crippen LogP contribution is 2.26. The van der Waals surface area contributed by atoms with Crippen LogP contribution in [0.3, 0.4) is 0 Å². The van der Waals surface area contributed by atoms with Crippen molar-refractivity contribution in [3.63, 3.8) is 0 Å². The van der Waals surface area contributed by atoms with Crippen LogP contribution in [0.2, 0.25) is 0 Å². The average molecular weight is 287 g/mol. The Morgan fingerprint density at radius 3 is 3.00 bits per heavy atom. The van der Waals surface area contributed by atoms with Crippen molar-refractivity contribution in [1.29, 1.82) is 0 Å². The number of hydrogen-bond donors (Lipinski definition) is 2. The fourth-order valence-electron chi connectivity index (χ4n) is 2.80. The fraction of sp³-hybridized carbons (Fsp3) is 0.438. The van der Waals surface area contributed by atoms with Crippen LogP contribution in [-0.4, -0.2) is 42.0 Å². The van der Waals surface area contributed by atoms with Gasteiger partial charge in [-0.15, -0.1) is 0 Å². The van der Waals surface area contributed by atoms with Gasteiger partial charge in [0.25, 0.3) is 0 Å². The molecule has 0 bridgehead atoms. The Morgan fingerprint density at radius 1 is 1.43 bits per heavy atom. The molecule has 0 amide bonds. The van der Waals surface area contributed by atoms with E-state index in [4.69, 9.17) is 15.5 Å². The van der Waals surface area contributed by atoms with Gasteiger partial charge in [0.2, 0.25) is 0 Å². The third-order valence-electron chi connectivity index (χ3n) is 4.01. The lowest BCUT2D eigenvalue weighted by Gasteiger charge is -2.38. The molecule has 0 aliphatic carbocycles. The zero-order chi connectivity index (χ0) is 14.8. The summed E-state index contributed by atoms with van der Waals surface area (Å²) < 4.78 is 5.59. The Kier molecular flexibility index (Phi) is 4.05. The Morgan fingerprint density at radius 2 is 2.24 bits per heavy atom. The van der Waals surface area contributed by atoms with E-state index in [0.717, 1.165) is 22.3 Å². The third kappa shape index (κ3) is 2.72. The summed E-state index contributed by atoms with van der Waals surface area (Å²) >= 11 is 0. The van der Waals surface area contributed by atoms with Gasteiger partial charge in [0.1, 0.15) is 5.82 Å². The second-order valence-electron chi connectivity index (χ2n) is 5.50. The van der Waals surface area contributed by atoms with Crippen molar-refractivity contribution >= 4 is 16.7 Å². The first-order valence-corrected chi connectivity index (χ1v) is 7.30. The predicted octanol–water partition coefficient (Wildman–Crippen LogP) is 1.28. The fourth-order valence-corrected chi connectivity index (χ4v) is 2.80. The molecule has 0 spiro atoms. The smallest absolute Gasteiger partial charge is 0.129 e. The first-order valence-electron chi connectivity index (χ1n) is 7.30. The second kappa shape index (κ2) is 5.97. The molecule has 3 rings (SSSR count). The Hall–Kier alpha value is -1.69. The van der Waals surface area contributed by atoms with Crippen molar-refractivity contribution < 1.29 is 9.84 Å². The molecular weight excluding hydrogens is 266 g/mol. The molecule has 2 atom stereocenters. The molecule has 2 unspecified atom stereocenters. The van der Waals surface area contributed by atoms with Crippen molar-refractivity contribution in [1.82, 2.24) is 4.98 Å². The molecule has 5 nitrogen and oxygen atoms in total.